The van der Waals surface area contributed by atoms with Gasteiger partial charge in [-0.25, -0.2) is 4.39 Å². The molecule has 0 spiro atoms. The molecule has 0 bridgehead atoms. The maximum atomic E-state index is 12.9. The zero-order valence-electron chi connectivity index (χ0n) is 8.37. The Labute approximate surface area is 100 Å². The maximum absolute atomic E-state index is 12.9. The molecule has 0 heterocycles. The molecule has 5 heteroatoms. The van der Waals surface area contributed by atoms with Gasteiger partial charge in [-0.3, -0.25) is 9.59 Å². The summed E-state index contributed by atoms with van der Waals surface area (Å²) in [6.45, 7) is 0. The van der Waals surface area contributed by atoms with Gasteiger partial charge in [-0.15, -0.1) is 0 Å². The minimum atomic E-state index is -0.923. The summed E-state index contributed by atoms with van der Waals surface area (Å²) in [6.07, 6.45) is 0.418. The molecule has 0 unspecified atom stereocenters. The van der Waals surface area contributed by atoms with Crippen molar-refractivity contribution in [2.75, 3.05) is 0 Å². The van der Waals surface area contributed by atoms with Gasteiger partial charge in [0.15, 0.2) is 5.78 Å². The zero-order chi connectivity index (χ0) is 12.1. The number of hydrogen-bond donors (Lipinski definition) is 1. The third kappa shape index (κ3) is 3.73. The topological polar surface area (TPSA) is 54.4 Å². The van der Waals surface area contributed by atoms with Crippen LogP contribution in [0.25, 0.3) is 0 Å². The predicted molar refractivity (Wildman–Crippen MR) is 59.9 cm³/mol. The van der Waals surface area contributed by atoms with Crippen molar-refractivity contribution in [1.82, 2.24) is 0 Å². The van der Waals surface area contributed by atoms with Crippen LogP contribution in [0, 0.1) is 5.82 Å². The van der Waals surface area contributed by atoms with E-state index in [9.17, 15) is 14.0 Å². The van der Waals surface area contributed by atoms with Crippen LogP contribution >= 0.6 is 15.9 Å². The van der Waals surface area contributed by atoms with Gasteiger partial charge in [-0.2, -0.15) is 0 Å². The summed E-state index contributed by atoms with van der Waals surface area (Å²) < 4.78 is 13.1. The second kappa shape index (κ2) is 5.75. The summed E-state index contributed by atoms with van der Waals surface area (Å²) in [5.74, 6) is -1.53. The van der Waals surface area contributed by atoms with Crippen LogP contribution < -0.4 is 0 Å². The highest BCUT2D eigenvalue weighted by Crippen LogP contribution is 2.18. The van der Waals surface area contributed by atoms with Gasteiger partial charge in [0.05, 0.1) is 4.47 Å². The Hall–Kier alpha value is -1.23. The van der Waals surface area contributed by atoms with Crippen molar-refractivity contribution in [3.05, 3.63) is 34.1 Å². The Morgan fingerprint density at radius 1 is 1.31 bits per heavy atom. The fourth-order valence-corrected chi connectivity index (χ4v) is 1.59. The second-order valence-electron chi connectivity index (χ2n) is 3.30. The lowest BCUT2D eigenvalue weighted by Crippen LogP contribution is -2.02. The Morgan fingerprint density at radius 2 is 2.00 bits per heavy atom. The molecule has 1 aromatic rings. The van der Waals surface area contributed by atoms with E-state index < -0.39 is 11.8 Å². The molecule has 1 rings (SSSR count). The summed E-state index contributed by atoms with van der Waals surface area (Å²) in [4.78, 5) is 21.8. The maximum Gasteiger partial charge on any atom is 0.303 e. The number of hydrogen-bond acceptors (Lipinski definition) is 2. The highest BCUT2D eigenvalue weighted by molar-refractivity contribution is 9.10. The van der Waals surface area contributed by atoms with Crippen molar-refractivity contribution in [2.45, 2.75) is 19.3 Å². The second-order valence-corrected chi connectivity index (χ2v) is 4.15. The molecule has 3 nitrogen and oxygen atoms in total. The van der Waals surface area contributed by atoms with Gasteiger partial charge in [-0.1, -0.05) is 0 Å². The molecule has 1 N–H and O–H groups in total. The van der Waals surface area contributed by atoms with E-state index in [1.54, 1.807) is 0 Å². The molecule has 1 aromatic carbocycles. The summed E-state index contributed by atoms with van der Waals surface area (Å²) in [5.41, 5.74) is 0.388. The van der Waals surface area contributed by atoms with Crippen LogP contribution in [0.4, 0.5) is 4.39 Å². The lowest BCUT2D eigenvalue weighted by atomic mass is 10.1. The Bertz CT molecular complexity index is 418. The van der Waals surface area contributed by atoms with Crippen molar-refractivity contribution in [1.29, 1.82) is 0 Å². The Morgan fingerprint density at radius 3 is 2.56 bits per heavy atom. The predicted octanol–water partition coefficient (Wildman–Crippen LogP) is 3.03. The van der Waals surface area contributed by atoms with Crippen LogP contribution in [0.2, 0.25) is 0 Å². The van der Waals surface area contributed by atoms with Gasteiger partial charge in [0.25, 0.3) is 0 Å². The van der Waals surface area contributed by atoms with E-state index in [1.165, 1.54) is 18.2 Å². The Kier molecular flexibility index (Phi) is 4.61. The molecule has 0 aliphatic carbocycles. The molecule has 0 atom stereocenters. The Balaban J connectivity index is 2.59. The summed E-state index contributed by atoms with van der Waals surface area (Å²) in [6, 6.07) is 4.00. The minimum absolute atomic E-state index is 0.0336. The third-order valence-corrected chi connectivity index (χ3v) is 2.64. The molecule has 0 amide bonds. The molecule has 0 aliphatic heterocycles. The molecule has 0 saturated carbocycles. The van der Waals surface area contributed by atoms with Crippen LogP contribution in [0.5, 0.6) is 0 Å². The average Bonchev–Trinajstić information content (AvgIpc) is 2.21. The highest BCUT2D eigenvalue weighted by atomic mass is 79.9. The van der Waals surface area contributed by atoms with Gasteiger partial charge in [0, 0.05) is 18.4 Å². The van der Waals surface area contributed by atoms with E-state index in [-0.39, 0.29) is 23.1 Å². The van der Waals surface area contributed by atoms with E-state index >= 15 is 0 Å². The number of carboxylic acids is 1. The first-order chi connectivity index (χ1) is 7.50. The first-order valence-electron chi connectivity index (χ1n) is 4.70. The summed E-state index contributed by atoms with van der Waals surface area (Å²) in [5, 5.41) is 8.41. The first kappa shape index (κ1) is 12.8. The van der Waals surface area contributed by atoms with Crippen LogP contribution in [-0.4, -0.2) is 16.9 Å². The molecular formula is C11H10BrFO3. The van der Waals surface area contributed by atoms with Crippen LogP contribution in [-0.2, 0) is 4.79 Å². The number of halogens is 2. The van der Waals surface area contributed by atoms with E-state index in [0.29, 0.717) is 12.0 Å². The van der Waals surface area contributed by atoms with E-state index in [0.717, 1.165) is 0 Å². The molecule has 0 saturated heterocycles. The van der Waals surface area contributed by atoms with Gasteiger partial charge >= 0.3 is 5.97 Å². The molecule has 86 valence electrons. The van der Waals surface area contributed by atoms with E-state index in [2.05, 4.69) is 15.9 Å². The van der Waals surface area contributed by atoms with Crippen LogP contribution in [0.15, 0.2) is 22.7 Å². The van der Waals surface area contributed by atoms with E-state index in [4.69, 9.17) is 5.11 Å². The van der Waals surface area contributed by atoms with Crippen molar-refractivity contribution in [3.63, 3.8) is 0 Å². The number of carbonyl (C=O) groups is 2. The van der Waals surface area contributed by atoms with Gasteiger partial charge in [0.1, 0.15) is 5.82 Å². The largest absolute Gasteiger partial charge is 0.481 e. The quantitative estimate of drug-likeness (QED) is 0.848. The summed E-state index contributed by atoms with van der Waals surface area (Å²) in [7, 11) is 0. The number of carbonyl (C=O) groups excluding carboxylic acids is 1. The van der Waals surface area contributed by atoms with Crippen molar-refractivity contribution in [2.24, 2.45) is 0 Å². The number of carboxylic acid groups (broad SMARTS) is 1. The molecular weight excluding hydrogens is 279 g/mol. The number of benzene rings is 1. The SMILES string of the molecule is O=C(O)CCCC(=O)c1ccc(F)c(Br)c1. The summed E-state index contributed by atoms with van der Waals surface area (Å²) >= 11 is 2.98. The monoisotopic (exact) mass is 288 g/mol. The normalized spacial score (nSPS) is 10.1. The fourth-order valence-electron chi connectivity index (χ4n) is 1.21. The van der Waals surface area contributed by atoms with Crippen molar-refractivity contribution in [3.8, 4) is 0 Å². The minimum Gasteiger partial charge on any atom is -0.481 e. The average molecular weight is 289 g/mol. The van der Waals surface area contributed by atoms with Gasteiger partial charge < -0.3 is 5.11 Å². The smallest absolute Gasteiger partial charge is 0.303 e. The van der Waals surface area contributed by atoms with E-state index in [1.807, 2.05) is 0 Å². The first-order valence-corrected chi connectivity index (χ1v) is 5.50. The lowest BCUT2D eigenvalue weighted by Gasteiger charge is -2.01. The molecule has 16 heavy (non-hydrogen) atoms. The number of aliphatic carboxylic acids is 1. The van der Waals surface area contributed by atoms with Gasteiger partial charge in [-0.05, 0) is 40.5 Å². The molecule has 0 fully saturated rings. The molecule has 0 radical (unpaired) electrons. The zero-order valence-corrected chi connectivity index (χ0v) is 9.96. The van der Waals surface area contributed by atoms with Gasteiger partial charge in [0.2, 0.25) is 0 Å². The number of Topliss-reactive ketones (excluding diaryl/α,β-unsaturated/α-hetero) is 1. The highest BCUT2D eigenvalue weighted by Gasteiger charge is 2.09. The molecule has 0 aromatic heterocycles. The van der Waals surface area contributed by atoms with Crippen molar-refractivity contribution < 1.29 is 19.1 Å². The lowest BCUT2D eigenvalue weighted by molar-refractivity contribution is -0.137. The number of rotatable bonds is 5. The van der Waals surface area contributed by atoms with Crippen LogP contribution in [0.3, 0.4) is 0 Å². The fraction of sp³-hybridized carbons (Fsp3) is 0.273. The number of ketones is 1. The third-order valence-electron chi connectivity index (χ3n) is 2.04. The van der Waals surface area contributed by atoms with Crippen LogP contribution in [0.1, 0.15) is 29.6 Å². The molecule has 0 aliphatic rings. The van der Waals surface area contributed by atoms with Crippen molar-refractivity contribution >= 4 is 27.7 Å². The standard InChI is InChI=1S/C11H10BrFO3/c12-8-6-7(4-5-9(8)13)10(14)2-1-3-11(15)16/h4-6H,1-3H2,(H,15,16).